The van der Waals surface area contributed by atoms with Crippen LogP contribution in [-0.2, 0) is 14.3 Å². The van der Waals surface area contributed by atoms with Crippen LogP contribution in [0.15, 0.2) is 18.2 Å². The fraction of sp³-hybridized carbons (Fsp3) is 0.471. The van der Waals surface area contributed by atoms with E-state index in [0.29, 0.717) is 31.9 Å². The van der Waals surface area contributed by atoms with E-state index in [1.165, 1.54) is 39.2 Å². The van der Waals surface area contributed by atoms with Crippen molar-refractivity contribution in [2.24, 2.45) is 0 Å². The average molecular weight is 350 g/mol. The Morgan fingerprint density at radius 1 is 1.12 bits per heavy atom. The van der Waals surface area contributed by atoms with E-state index < -0.39 is 12.1 Å². The molecule has 0 saturated carbocycles. The van der Waals surface area contributed by atoms with Gasteiger partial charge in [-0.2, -0.15) is 0 Å². The van der Waals surface area contributed by atoms with E-state index >= 15 is 0 Å². The summed E-state index contributed by atoms with van der Waals surface area (Å²) in [6.45, 7) is 4.69. The average Bonchev–Trinajstić information content (AvgIpc) is 2.60. The molecule has 0 aromatic heterocycles. The van der Waals surface area contributed by atoms with Gasteiger partial charge in [0.05, 0.1) is 7.11 Å². The number of carbonyl (C=O) groups excluding carboxylic acids is 3. The van der Waals surface area contributed by atoms with Gasteiger partial charge in [0.1, 0.15) is 17.1 Å². The predicted octanol–water partition coefficient (Wildman–Crippen LogP) is 0.637. The van der Waals surface area contributed by atoms with E-state index in [-0.39, 0.29) is 23.1 Å². The standard InChI is InChI=1S/C17H22N2O6/c1-11(16(22)19-8-6-18(7-9-19)12(2)20)25-17(23)14-5-4-13(24-3)10-15(14)21/h4-5,10-11,21H,6-9H2,1-3H3. The molecule has 136 valence electrons. The Hall–Kier alpha value is -2.77. The first-order valence-corrected chi connectivity index (χ1v) is 7.95. The number of hydrogen-bond acceptors (Lipinski definition) is 6. The Balaban J connectivity index is 1.95. The minimum absolute atomic E-state index is 0.0263. The molecule has 1 aromatic rings. The monoisotopic (exact) mass is 350 g/mol. The number of benzene rings is 1. The second-order valence-electron chi connectivity index (χ2n) is 5.76. The number of esters is 1. The van der Waals surface area contributed by atoms with Crippen LogP contribution in [0.25, 0.3) is 0 Å². The lowest BCUT2D eigenvalue weighted by Crippen LogP contribution is -2.52. The van der Waals surface area contributed by atoms with E-state index in [1.807, 2.05) is 0 Å². The lowest BCUT2D eigenvalue weighted by atomic mass is 10.2. The van der Waals surface area contributed by atoms with Gasteiger partial charge in [-0.3, -0.25) is 9.59 Å². The zero-order valence-electron chi connectivity index (χ0n) is 14.5. The smallest absolute Gasteiger partial charge is 0.342 e. The molecule has 25 heavy (non-hydrogen) atoms. The first-order chi connectivity index (χ1) is 11.8. The summed E-state index contributed by atoms with van der Waals surface area (Å²) in [7, 11) is 1.44. The Morgan fingerprint density at radius 2 is 1.72 bits per heavy atom. The third-order valence-corrected chi connectivity index (χ3v) is 4.09. The number of phenols is 1. The highest BCUT2D eigenvalue weighted by Crippen LogP contribution is 2.24. The van der Waals surface area contributed by atoms with Crippen molar-refractivity contribution in [1.29, 1.82) is 0 Å². The number of rotatable bonds is 4. The van der Waals surface area contributed by atoms with Crippen LogP contribution < -0.4 is 4.74 Å². The number of hydrogen-bond donors (Lipinski definition) is 1. The zero-order valence-corrected chi connectivity index (χ0v) is 14.5. The van der Waals surface area contributed by atoms with Gasteiger partial charge in [-0.1, -0.05) is 0 Å². The largest absolute Gasteiger partial charge is 0.507 e. The van der Waals surface area contributed by atoms with Crippen LogP contribution in [0.2, 0.25) is 0 Å². The van der Waals surface area contributed by atoms with Crippen molar-refractivity contribution < 1.29 is 29.0 Å². The molecule has 0 radical (unpaired) electrons. The van der Waals surface area contributed by atoms with E-state index in [0.717, 1.165) is 0 Å². The van der Waals surface area contributed by atoms with Crippen molar-refractivity contribution in [2.45, 2.75) is 20.0 Å². The van der Waals surface area contributed by atoms with Crippen LogP contribution >= 0.6 is 0 Å². The van der Waals surface area contributed by atoms with Gasteiger partial charge in [0.2, 0.25) is 5.91 Å². The lowest BCUT2D eigenvalue weighted by molar-refractivity contribution is -0.144. The predicted molar refractivity (Wildman–Crippen MR) is 88.4 cm³/mol. The Kier molecular flexibility index (Phi) is 5.84. The molecule has 1 aromatic carbocycles. The molecule has 1 saturated heterocycles. The highest BCUT2D eigenvalue weighted by atomic mass is 16.5. The molecule has 1 aliphatic heterocycles. The van der Waals surface area contributed by atoms with E-state index in [4.69, 9.17) is 9.47 Å². The normalized spacial score (nSPS) is 15.5. The maximum absolute atomic E-state index is 12.4. The van der Waals surface area contributed by atoms with Gasteiger partial charge in [0.25, 0.3) is 5.91 Å². The van der Waals surface area contributed by atoms with Gasteiger partial charge in [0.15, 0.2) is 6.10 Å². The first-order valence-electron chi connectivity index (χ1n) is 7.95. The highest BCUT2D eigenvalue weighted by molar-refractivity contribution is 5.94. The van der Waals surface area contributed by atoms with E-state index in [1.54, 1.807) is 9.80 Å². The SMILES string of the molecule is COc1ccc(C(=O)OC(C)C(=O)N2CCN(C(C)=O)CC2)c(O)c1. The second-order valence-corrected chi connectivity index (χ2v) is 5.76. The van der Waals surface area contributed by atoms with E-state index in [2.05, 4.69) is 0 Å². The minimum atomic E-state index is -0.988. The molecule has 0 aliphatic carbocycles. The van der Waals surface area contributed by atoms with Crippen molar-refractivity contribution in [3.8, 4) is 11.5 Å². The summed E-state index contributed by atoms with van der Waals surface area (Å²) in [5.41, 5.74) is -0.0400. The summed E-state index contributed by atoms with van der Waals surface area (Å²) in [5.74, 6) is -1.02. The Bertz CT molecular complexity index is 667. The number of ether oxygens (including phenoxy) is 2. The topological polar surface area (TPSA) is 96.4 Å². The summed E-state index contributed by atoms with van der Waals surface area (Å²) < 4.78 is 10.1. The third kappa shape index (κ3) is 4.40. The van der Waals surface area contributed by atoms with Crippen LogP contribution in [0.3, 0.4) is 0 Å². The summed E-state index contributed by atoms with van der Waals surface area (Å²) in [6.07, 6.45) is -0.988. The Morgan fingerprint density at radius 3 is 2.24 bits per heavy atom. The van der Waals surface area contributed by atoms with Crippen molar-refractivity contribution in [3.63, 3.8) is 0 Å². The van der Waals surface area contributed by atoms with Crippen LogP contribution in [0.1, 0.15) is 24.2 Å². The number of phenolic OH excluding ortho intramolecular Hbond substituents is 1. The third-order valence-electron chi connectivity index (χ3n) is 4.09. The van der Waals surface area contributed by atoms with Crippen LogP contribution in [0.4, 0.5) is 0 Å². The fourth-order valence-corrected chi connectivity index (χ4v) is 2.58. The van der Waals surface area contributed by atoms with Gasteiger partial charge in [-0.15, -0.1) is 0 Å². The molecular formula is C17H22N2O6. The number of aromatic hydroxyl groups is 1. The van der Waals surface area contributed by atoms with Crippen LogP contribution in [0.5, 0.6) is 11.5 Å². The molecule has 8 nitrogen and oxygen atoms in total. The summed E-state index contributed by atoms with van der Waals surface area (Å²) in [6, 6.07) is 4.19. The van der Waals surface area contributed by atoms with Gasteiger partial charge in [0, 0.05) is 39.2 Å². The van der Waals surface area contributed by atoms with Gasteiger partial charge >= 0.3 is 5.97 Å². The first kappa shape index (κ1) is 18.6. The van der Waals surface area contributed by atoms with E-state index in [9.17, 15) is 19.5 Å². The van der Waals surface area contributed by atoms with Crippen molar-refractivity contribution in [1.82, 2.24) is 9.80 Å². The zero-order chi connectivity index (χ0) is 18.6. The van der Waals surface area contributed by atoms with Gasteiger partial charge in [-0.25, -0.2) is 4.79 Å². The molecule has 2 rings (SSSR count). The van der Waals surface area contributed by atoms with Crippen LogP contribution in [-0.4, -0.2) is 72.1 Å². The molecular weight excluding hydrogens is 328 g/mol. The van der Waals surface area contributed by atoms with Crippen molar-refractivity contribution >= 4 is 17.8 Å². The molecule has 1 aliphatic rings. The van der Waals surface area contributed by atoms with Crippen molar-refractivity contribution in [3.05, 3.63) is 23.8 Å². The molecule has 1 unspecified atom stereocenters. The summed E-state index contributed by atoms with van der Waals surface area (Å²) >= 11 is 0. The molecule has 1 heterocycles. The number of piperazine rings is 1. The molecule has 0 spiro atoms. The second kappa shape index (κ2) is 7.87. The summed E-state index contributed by atoms with van der Waals surface area (Å²) in [5, 5.41) is 9.86. The van der Waals surface area contributed by atoms with Crippen molar-refractivity contribution in [2.75, 3.05) is 33.3 Å². The molecule has 1 N–H and O–H groups in total. The number of carbonyl (C=O) groups is 3. The number of nitrogens with zero attached hydrogens (tertiary/aromatic N) is 2. The lowest BCUT2D eigenvalue weighted by Gasteiger charge is -2.35. The summed E-state index contributed by atoms with van der Waals surface area (Å²) in [4.78, 5) is 39.1. The molecule has 1 atom stereocenters. The van der Waals surface area contributed by atoms with Gasteiger partial charge in [-0.05, 0) is 19.1 Å². The molecule has 0 bridgehead atoms. The Labute approximate surface area is 145 Å². The quantitative estimate of drug-likeness (QED) is 0.801. The maximum atomic E-state index is 12.4. The highest BCUT2D eigenvalue weighted by Gasteiger charge is 2.28. The number of amides is 2. The number of methoxy groups -OCH3 is 1. The van der Waals surface area contributed by atoms with Crippen LogP contribution in [0, 0.1) is 0 Å². The fourth-order valence-electron chi connectivity index (χ4n) is 2.58. The maximum Gasteiger partial charge on any atom is 0.342 e. The molecule has 8 heteroatoms. The van der Waals surface area contributed by atoms with Gasteiger partial charge < -0.3 is 24.4 Å². The molecule has 1 fully saturated rings. The molecule has 2 amide bonds. The minimum Gasteiger partial charge on any atom is -0.507 e.